The van der Waals surface area contributed by atoms with Gasteiger partial charge >= 0.3 is 6.03 Å². The quantitative estimate of drug-likeness (QED) is 0.845. The molecule has 2 amide bonds. The summed E-state index contributed by atoms with van der Waals surface area (Å²) in [6.07, 6.45) is 0. The van der Waals surface area contributed by atoms with Crippen molar-refractivity contribution in [3.05, 3.63) is 22.9 Å². The molecule has 0 bridgehead atoms. The molecule has 2 rings (SSSR count). The molecule has 1 fully saturated rings. The van der Waals surface area contributed by atoms with Crippen molar-refractivity contribution in [2.75, 3.05) is 31.5 Å². The first-order valence-electron chi connectivity index (χ1n) is 6.27. The zero-order chi connectivity index (χ0) is 13.8. The molecule has 1 aliphatic rings. The number of hydrogen-bond donors (Lipinski definition) is 2. The van der Waals surface area contributed by atoms with Crippen LogP contribution in [0.4, 0.5) is 10.6 Å². The summed E-state index contributed by atoms with van der Waals surface area (Å²) in [6.45, 7) is 6.47. The van der Waals surface area contributed by atoms with Crippen molar-refractivity contribution < 1.29 is 4.79 Å². The minimum Gasteiger partial charge on any atom is -0.368 e. The Morgan fingerprint density at radius 1 is 1.58 bits per heavy atom. The van der Waals surface area contributed by atoms with Gasteiger partial charge in [-0.3, -0.25) is 0 Å². The molecular formula is C13H17N5O. The smallest absolute Gasteiger partial charge is 0.317 e. The summed E-state index contributed by atoms with van der Waals surface area (Å²) in [5, 5.41) is 14.9. The molecule has 2 heterocycles. The fourth-order valence-electron chi connectivity index (χ4n) is 2.13. The van der Waals surface area contributed by atoms with Crippen LogP contribution in [0.5, 0.6) is 0 Å². The minimum atomic E-state index is -0.0121. The second-order valence-corrected chi connectivity index (χ2v) is 4.54. The predicted octanol–water partition coefficient (Wildman–Crippen LogP) is 1.01. The highest BCUT2D eigenvalue weighted by Crippen LogP contribution is 2.15. The van der Waals surface area contributed by atoms with Crippen molar-refractivity contribution >= 4 is 11.8 Å². The molecule has 0 spiro atoms. The third-order valence-corrected chi connectivity index (χ3v) is 3.14. The van der Waals surface area contributed by atoms with E-state index in [9.17, 15) is 4.79 Å². The van der Waals surface area contributed by atoms with Crippen LogP contribution in [0.15, 0.2) is 6.07 Å². The van der Waals surface area contributed by atoms with Crippen LogP contribution in [-0.4, -0.2) is 42.1 Å². The third kappa shape index (κ3) is 2.94. The van der Waals surface area contributed by atoms with Gasteiger partial charge in [-0.25, -0.2) is 9.78 Å². The lowest BCUT2D eigenvalue weighted by Gasteiger charge is -2.15. The Kier molecular flexibility index (Phi) is 3.85. The average molecular weight is 259 g/mol. The third-order valence-electron chi connectivity index (χ3n) is 3.14. The van der Waals surface area contributed by atoms with E-state index in [1.807, 2.05) is 19.9 Å². The predicted molar refractivity (Wildman–Crippen MR) is 71.9 cm³/mol. The lowest BCUT2D eigenvalue weighted by Crippen LogP contribution is -2.32. The van der Waals surface area contributed by atoms with Crippen molar-refractivity contribution in [2.45, 2.75) is 13.8 Å². The summed E-state index contributed by atoms with van der Waals surface area (Å²) in [4.78, 5) is 17.4. The number of rotatable bonds is 4. The normalized spacial score (nSPS) is 14.2. The van der Waals surface area contributed by atoms with E-state index in [1.165, 1.54) is 0 Å². The highest BCUT2D eigenvalue weighted by molar-refractivity contribution is 5.76. The Morgan fingerprint density at radius 2 is 2.37 bits per heavy atom. The Bertz CT molecular complexity index is 511. The Balaban J connectivity index is 1.93. The van der Waals surface area contributed by atoms with Crippen LogP contribution >= 0.6 is 0 Å². The second-order valence-electron chi connectivity index (χ2n) is 4.54. The van der Waals surface area contributed by atoms with Crippen molar-refractivity contribution in [1.29, 1.82) is 5.26 Å². The monoisotopic (exact) mass is 259 g/mol. The van der Waals surface area contributed by atoms with E-state index in [2.05, 4.69) is 21.7 Å². The molecule has 0 unspecified atom stereocenters. The largest absolute Gasteiger partial charge is 0.368 e. The second kappa shape index (κ2) is 5.57. The van der Waals surface area contributed by atoms with Gasteiger partial charge in [0.05, 0.1) is 11.3 Å². The fourth-order valence-corrected chi connectivity index (χ4v) is 2.13. The molecule has 19 heavy (non-hydrogen) atoms. The summed E-state index contributed by atoms with van der Waals surface area (Å²) < 4.78 is 0. The van der Waals surface area contributed by atoms with Gasteiger partial charge in [0.2, 0.25) is 0 Å². The summed E-state index contributed by atoms with van der Waals surface area (Å²) in [5.74, 6) is 0.744. The molecule has 1 saturated heterocycles. The zero-order valence-electron chi connectivity index (χ0n) is 11.2. The number of nitrogens with zero attached hydrogens (tertiary/aromatic N) is 3. The molecule has 6 nitrogen and oxygen atoms in total. The van der Waals surface area contributed by atoms with E-state index in [4.69, 9.17) is 5.26 Å². The molecule has 1 aromatic rings. The Labute approximate surface area is 112 Å². The molecule has 6 heteroatoms. The van der Waals surface area contributed by atoms with Crippen molar-refractivity contribution in [3.8, 4) is 6.07 Å². The molecule has 1 aliphatic heterocycles. The fraction of sp³-hybridized carbons (Fsp3) is 0.462. The molecule has 0 aliphatic carbocycles. The minimum absolute atomic E-state index is 0.0121. The standard InChI is InChI=1S/C13H17N5O/c1-9-7-12(17-10(2)11(9)8-14)15-3-5-18-6-4-16-13(18)19/h7H,3-6H2,1-2H3,(H,15,17)(H,16,19). The van der Waals surface area contributed by atoms with Crippen LogP contribution in [0.2, 0.25) is 0 Å². The number of nitrogens with one attached hydrogen (secondary N) is 2. The number of hydrogen-bond acceptors (Lipinski definition) is 4. The van der Waals surface area contributed by atoms with Crippen LogP contribution < -0.4 is 10.6 Å². The van der Waals surface area contributed by atoms with Crippen LogP contribution in [0, 0.1) is 25.2 Å². The van der Waals surface area contributed by atoms with Gasteiger partial charge in [0.1, 0.15) is 11.9 Å². The van der Waals surface area contributed by atoms with Crippen LogP contribution in [0.1, 0.15) is 16.8 Å². The maximum Gasteiger partial charge on any atom is 0.317 e. The zero-order valence-corrected chi connectivity index (χ0v) is 11.2. The molecule has 0 radical (unpaired) electrons. The SMILES string of the molecule is Cc1cc(NCCN2CCNC2=O)nc(C)c1C#N. The van der Waals surface area contributed by atoms with E-state index in [0.29, 0.717) is 25.2 Å². The van der Waals surface area contributed by atoms with E-state index >= 15 is 0 Å². The maximum atomic E-state index is 11.3. The first-order valence-corrected chi connectivity index (χ1v) is 6.27. The molecule has 1 aromatic heterocycles. The van der Waals surface area contributed by atoms with E-state index < -0.39 is 0 Å². The molecule has 0 aromatic carbocycles. The lowest BCUT2D eigenvalue weighted by atomic mass is 10.1. The average Bonchev–Trinajstić information content (AvgIpc) is 2.75. The van der Waals surface area contributed by atoms with Gasteiger partial charge in [-0.05, 0) is 25.5 Å². The van der Waals surface area contributed by atoms with Crippen molar-refractivity contribution in [3.63, 3.8) is 0 Å². The number of carbonyl (C=O) groups is 1. The van der Waals surface area contributed by atoms with Crippen LogP contribution in [-0.2, 0) is 0 Å². The number of carbonyl (C=O) groups excluding carboxylic acids is 1. The number of aryl methyl sites for hydroxylation is 2. The maximum absolute atomic E-state index is 11.3. The molecule has 100 valence electrons. The van der Waals surface area contributed by atoms with E-state index in [0.717, 1.165) is 23.6 Å². The van der Waals surface area contributed by atoms with Crippen molar-refractivity contribution in [1.82, 2.24) is 15.2 Å². The number of pyridine rings is 1. The highest BCUT2D eigenvalue weighted by atomic mass is 16.2. The number of anilines is 1. The number of nitriles is 1. The summed E-state index contributed by atoms with van der Waals surface area (Å²) >= 11 is 0. The first kappa shape index (κ1) is 13.1. The molecule has 0 atom stereocenters. The lowest BCUT2D eigenvalue weighted by molar-refractivity contribution is 0.219. The van der Waals surface area contributed by atoms with Gasteiger partial charge in [-0.2, -0.15) is 5.26 Å². The van der Waals surface area contributed by atoms with Gasteiger partial charge in [-0.1, -0.05) is 0 Å². The van der Waals surface area contributed by atoms with E-state index in [-0.39, 0.29) is 6.03 Å². The number of amides is 2. The van der Waals surface area contributed by atoms with Gasteiger partial charge < -0.3 is 15.5 Å². The molecule has 2 N–H and O–H groups in total. The van der Waals surface area contributed by atoms with Crippen LogP contribution in [0.25, 0.3) is 0 Å². The van der Waals surface area contributed by atoms with Gasteiger partial charge in [0.15, 0.2) is 0 Å². The van der Waals surface area contributed by atoms with Gasteiger partial charge in [0.25, 0.3) is 0 Å². The van der Waals surface area contributed by atoms with Crippen LogP contribution in [0.3, 0.4) is 0 Å². The molecular weight excluding hydrogens is 242 g/mol. The van der Waals surface area contributed by atoms with Crippen molar-refractivity contribution in [2.24, 2.45) is 0 Å². The summed E-state index contributed by atoms with van der Waals surface area (Å²) in [5.41, 5.74) is 2.27. The Morgan fingerprint density at radius 3 is 2.95 bits per heavy atom. The van der Waals surface area contributed by atoms with E-state index in [1.54, 1.807) is 4.90 Å². The summed E-state index contributed by atoms with van der Waals surface area (Å²) in [7, 11) is 0. The van der Waals surface area contributed by atoms with Gasteiger partial charge in [0, 0.05) is 26.2 Å². The highest BCUT2D eigenvalue weighted by Gasteiger charge is 2.18. The number of urea groups is 1. The van der Waals surface area contributed by atoms with Gasteiger partial charge in [-0.15, -0.1) is 0 Å². The summed E-state index contributed by atoms with van der Waals surface area (Å²) in [6, 6.07) is 3.99. The molecule has 0 saturated carbocycles. The number of aromatic nitrogens is 1. The topological polar surface area (TPSA) is 81.0 Å². The Hall–Kier alpha value is -2.29. The first-order chi connectivity index (χ1) is 9.11.